The molecule has 0 unspecified atom stereocenters. The smallest absolute Gasteiger partial charge is 0.417 e. The third kappa shape index (κ3) is 8.82. The summed E-state index contributed by atoms with van der Waals surface area (Å²) < 4.78 is 43.7. The third-order valence-electron chi connectivity index (χ3n) is 7.40. The Balaban J connectivity index is 1.33. The number of carboxylic acids is 1. The van der Waals surface area contributed by atoms with Crippen LogP contribution in [0.1, 0.15) is 42.5 Å². The molecule has 0 heterocycles. The van der Waals surface area contributed by atoms with Crippen LogP contribution in [-0.4, -0.2) is 52.3 Å². The Morgan fingerprint density at radius 2 is 1.63 bits per heavy atom. The molecule has 0 radical (unpaired) electrons. The zero-order valence-electron chi connectivity index (χ0n) is 23.5. The summed E-state index contributed by atoms with van der Waals surface area (Å²) in [6.45, 7) is 4.77. The van der Waals surface area contributed by atoms with Gasteiger partial charge in [-0.3, -0.25) is 4.79 Å². The maximum Gasteiger partial charge on any atom is 0.417 e. The summed E-state index contributed by atoms with van der Waals surface area (Å²) in [5, 5.41) is 23.1. The van der Waals surface area contributed by atoms with Gasteiger partial charge in [-0.15, -0.1) is 0 Å². The Labute approximate surface area is 243 Å². The number of aliphatic carboxylic acids is 1. The zero-order valence-corrected chi connectivity index (χ0v) is 24.4. The van der Waals surface area contributed by atoms with E-state index < -0.39 is 23.8 Å². The summed E-state index contributed by atoms with van der Waals surface area (Å²) in [6, 6.07) is 19.2. The molecule has 0 fully saturated rings. The lowest BCUT2D eigenvalue weighted by molar-refractivity contribution is -0.140. The van der Waals surface area contributed by atoms with Gasteiger partial charge in [-0.2, -0.15) is 13.2 Å². The van der Waals surface area contributed by atoms with Crippen molar-refractivity contribution in [3.05, 3.63) is 89.0 Å². The number of carboxylic acid groups (broad SMARTS) is 1. The highest BCUT2D eigenvalue weighted by Crippen LogP contribution is 2.40. The van der Waals surface area contributed by atoms with E-state index in [0.717, 1.165) is 37.3 Å². The van der Waals surface area contributed by atoms with E-state index in [2.05, 4.69) is 43.4 Å². The fraction of sp³-hybridized carbons (Fsp3) is 0.406. The molecule has 220 valence electrons. The first-order chi connectivity index (χ1) is 19.3. The van der Waals surface area contributed by atoms with Gasteiger partial charge in [0.25, 0.3) is 0 Å². The number of alkyl halides is 3. The lowest BCUT2D eigenvalue weighted by Crippen LogP contribution is -2.46. The number of nitrogens with zero attached hydrogens (tertiary/aromatic N) is 1. The maximum absolute atomic E-state index is 14.0. The largest absolute Gasteiger partial charge is 0.481 e. The third-order valence-corrected chi connectivity index (χ3v) is 8.41. The van der Waals surface area contributed by atoms with Crippen LogP contribution in [0.15, 0.2) is 71.6 Å². The van der Waals surface area contributed by atoms with Crippen LogP contribution in [0.25, 0.3) is 11.1 Å². The van der Waals surface area contributed by atoms with Gasteiger partial charge in [-0.05, 0) is 98.0 Å². The van der Waals surface area contributed by atoms with Crippen LogP contribution in [-0.2, 0) is 30.2 Å². The summed E-state index contributed by atoms with van der Waals surface area (Å²) in [4.78, 5) is 10.9. The molecule has 0 amide bonds. The van der Waals surface area contributed by atoms with Crippen molar-refractivity contribution in [2.45, 2.75) is 62.2 Å². The molecule has 5 nitrogen and oxygen atoms in total. The molecule has 3 aromatic carbocycles. The van der Waals surface area contributed by atoms with E-state index in [0.29, 0.717) is 29.2 Å². The molecule has 3 N–H and O–H groups in total. The van der Waals surface area contributed by atoms with Gasteiger partial charge in [0.15, 0.2) is 0 Å². The van der Waals surface area contributed by atoms with Gasteiger partial charge in [0.1, 0.15) is 0 Å². The first kappa shape index (κ1) is 31.1. The number of β-amino-alcohol motifs (C(OH)–C–C–N with tert-alkyl or cyclic N) is 1. The second-order valence-electron chi connectivity index (χ2n) is 11.5. The predicted octanol–water partition coefficient (Wildman–Crippen LogP) is 6.47. The predicted molar refractivity (Wildman–Crippen MR) is 157 cm³/mol. The van der Waals surface area contributed by atoms with Gasteiger partial charge in [0.2, 0.25) is 0 Å². The number of fused-ring (bicyclic) bond motifs is 1. The van der Waals surface area contributed by atoms with E-state index in [9.17, 15) is 23.1 Å². The first-order valence-electron chi connectivity index (χ1n) is 13.7. The van der Waals surface area contributed by atoms with Gasteiger partial charge in [-0.25, -0.2) is 4.31 Å². The van der Waals surface area contributed by atoms with Gasteiger partial charge in [-0.1, -0.05) is 54.6 Å². The van der Waals surface area contributed by atoms with E-state index >= 15 is 0 Å². The first-order valence-corrected chi connectivity index (χ1v) is 14.5. The Hall–Kier alpha value is -2.85. The van der Waals surface area contributed by atoms with Crippen molar-refractivity contribution < 1.29 is 28.2 Å². The van der Waals surface area contributed by atoms with E-state index in [4.69, 9.17) is 5.11 Å². The summed E-state index contributed by atoms with van der Waals surface area (Å²) in [6.07, 6.45) is -2.40. The Morgan fingerprint density at radius 3 is 2.22 bits per heavy atom. The number of benzene rings is 3. The average molecular weight is 587 g/mol. The number of hydrogen-bond acceptors (Lipinski definition) is 5. The Bertz CT molecular complexity index is 1320. The summed E-state index contributed by atoms with van der Waals surface area (Å²) in [5.74, 6) is -0.431. The molecule has 0 spiro atoms. The highest BCUT2D eigenvalue weighted by atomic mass is 32.2. The molecule has 0 saturated carbocycles. The van der Waals surface area contributed by atoms with Crippen molar-refractivity contribution in [3.8, 4) is 11.1 Å². The minimum Gasteiger partial charge on any atom is -0.481 e. The van der Waals surface area contributed by atoms with Crippen LogP contribution in [0, 0.1) is 5.92 Å². The minimum atomic E-state index is -4.56. The van der Waals surface area contributed by atoms with Crippen molar-refractivity contribution in [2.75, 3.05) is 20.1 Å². The van der Waals surface area contributed by atoms with Crippen LogP contribution >= 0.6 is 11.9 Å². The fourth-order valence-corrected chi connectivity index (χ4v) is 6.53. The van der Waals surface area contributed by atoms with Crippen molar-refractivity contribution in [3.63, 3.8) is 0 Å². The summed E-state index contributed by atoms with van der Waals surface area (Å²) in [5.41, 5.74) is 3.41. The van der Waals surface area contributed by atoms with Crippen molar-refractivity contribution in [1.82, 2.24) is 9.62 Å². The van der Waals surface area contributed by atoms with Gasteiger partial charge in [0.05, 0.1) is 18.1 Å². The number of carbonyl (C=O) groups is 1. The highest BCUT2D eigenvalue weighted by molar-refractivity contribution is 7.97. The number of rotatable bonds is 12. The highest BCUT2D eigenvalue weighted by Gasteiger charge is 2.35. The maximum atomic E-state index is 14.0. The van der Waals surface area contributed by atoms with Crippen LogP contribution in [0.3, 0.4) is 0 Å². The second kappa shape index (κ2) is 13.0. The Kier molecular flexibility index (Phi) is 9.85. The molecule has 4 rings (SSSR count). The Morgan fingerprint density at radius 1 is 1.02 bits per heavy atom. The normalized spacial score (nSPS) is 14.8. The lowest BCUT2D eigenvalue weighted by atomic mass is 9.88. The van der Waals surface area contributed by atoms with Gasteiger partial charge < -0.3 is 15.5 Å². The van der Waals surface area contributed by atoms with Gasteiger partial charge >= 0.3 is 12.1 Å². The molecule has 1 atom stereocenters. The fourth-order valence-electron chi connectivity index (χ4n) is 5.55. The molecule has 0 aliphatic heterocycles. The molecule has 3 aromatic rings. The minimum absolute atomic E-state index is 0.0486. The molecule has 0 bridgehead atoms. The molecule has 1 aliphatic carbocycles. The standard InChI is InChI=1S/C32H37F3N2O3S/c1-31(2,18-22-14-24-6-4-5-7-25(24)15-22)36-19-27(38)20-37(3)41-29-13-12-26(17-28(29)32(33,34)35)23-10-8-21(9-11-23)16-30(39)40/h4-13,17,22,27,36,38H,14-16,18-20H2,1-3H3,(H,39,40)/t27-/m1/s1. The lowest BCUT2D eigenvalue weighted by Gasteiger charge is -2.31. The van der Waals surface area contributed by atoms with Crippen LogP contribution in [0.4, 0.5) is 13.2 Å². The van der Waals surface area contributed by atoms with Crippen LogP contribution in [0.2, 0.25) is 0 Å². The van der Waals surface area contributed by atoms with Crippen molar-refractivity contribution in [2.24, 2.45) is 5.92 Å². The summed E-state index contributed by atoms with van der Waals surface area (Å²) in [7, 11) is 1.67. The number of halogens is 3. The van der Waals surface area contributed by atoms with Crippen molar-refractivity contribution >= 4 is 17.9 Å². The number of nitrogens with one attached hydrogen (secondary N) is 1. The monoisotopic (exact) mass is 586 g/mol. The molecule has 1 aliphatic rings. The average Bonchev–Trinajstić information content (AvgIpc) is 3.29. The van der Waals surface area contributed by atoms with E-state index in [1.54, 1.807) is 41.7 Å². The molecule has 0 aromatic heterocycles. The molecule has 41 heavy (non-hydrogen) atoms. The summed E-state index contributed by atoms with van der Waals surface area (Å²) >= 11 is 0.951. The van der Waals surface area contributed by atoms with Crippen molar-refractivity contribution in [1.29, 1.82) is 0 Å². The molecular formula is C32H37F3N2O3S. The molecule has 9 heteroatoms. The van der Waals surface area contributed by atoms with Crippen LogP contribution < -0.4 is 5.32 Å². The van der Waals surface area contributed by atoms with Crippen LogP contribution in [0.5, 0.6) is 0 Å². The second-order valence-corrected chi connectivity index (χ2v) is 12.8. The molecular weight excluding hydrogens is 549 g/mol. The van der Waals surface area contributed by atoms with E-state index in [1.165, 1.54) is 17.2 Å². The topological polar surface area (TPSA) is 72.8 Å². The zero-order chi connectivity index (χ0) is 29.8. The van der Waals surface area contributed by atoms with E-state index in [-0.39, 0.29) is 23.4 Å². The quantitative estimate of drug-likeness (QED) is 0.211. The number of likely N-dealkylation sites (N-methyl/N-ethyl adjacent to an activating group) is 1. The number of hydrogen-bond donors (Lipinski definition) is 3. The molecule has 0 saturated heterocycles. The van der Waals surface area contributed by atoms with E-state index in [1.807, 2.05) is 0 Å². The van der Waals surface area contributed by atoms with Gasteiger partial charge in [0, 0.05) is 23.5 Å². The number of aliphatic hydroxyl groups excluding tert-OH is 1. The number of aliphatic hydroxyl groups is 1. The SMILES string of the molecule is CN(C[C@H](O)CNC(C)(C)CC1Cc2ccccc2C1)Sc1ccc(-c2ccc(CC(=O)O)cc2)cc1C(F)(F)F.